The van der Waals surface area contributed by atoms with E-state index in [1.807, 2.05) is 53.9 Å². The summed E-state index contributed by atoms with van der Waals surface area (Å²) < 4.78 is 7.76. The summed E-state index contributed by atoms with van der Waals surface area (Å²) in [6, 6.07) is 7.38. The van der Waals surface area contributed by atoms with Crippen molar-refractivity contribution in [2.75, 3.05) is 19.6 Å². The Balaban J connectivity index is 1.77. The second-order valence-electron chi connectivity index (χ2n) is 6.48. The molecule has 1 N–H and O–H groups in total. The number of hydrogen-bond donors (Lipinski definition) is 1. The molecule has 1 aliphatic heterocycles. The number of carbonyl (C=O) groups is 1. The minimum atomic E-state index is -0.0581. The van der Waals surface area contributed by atoms with Gasteiger partial charge in [-0.05, 0) is 37.6 Å². The third-order valence-electron chi connectivity index (χ3n) is 4.67. The van der Waals surface area contributed by atoms with Gasteiger partial charge < -0.3 is 19.5 Å². The van der Waals surface area contributed by atoms with Crippen molar-refractivity contribution in [3.8, 4) is 5.75 Å². The molecule has 2 heterocycles. The predicted octanol–water partition coefficient (Wildman–Crippen LogP) is 2.38. The van der Waals surface area contributed by atoms with E-state index in [0.717, 1.165) is 24.5 Å². The first kappa shape index (κ1) is 17.5. The minimum Gasteiger partial charge on any atom is -0.491 e. The molecule has 6 heteroatoms. The van der Waals surface area contributed by atoms with E-state index in [0.29, 0.717) is 18.7 Å². The first-order valence-electron chi connectivity index (χ1n) is 8.85. The Morgan fingerprint density at radius 2 is 2.16 bits per heavy atom. The molecule has 1 aromatic heterocycles. The number of hydrogen-bond acceptors (Lipinski definition) is 4. The summed E-state index contributed by atoms with van der Waals surface area (Å²) in [6.07, 6.45) is 4.80. The van der Waals surface area contributed by atoms with E-state index in [1.54, 1.807) is 6.20 Å². The van der Waals surface area contributed by atoms with Crippen molar-refractivity contribution < 1.29 is 9.53 Å². The first-order chi connectivity index (χ1) is 12.1. The molecule has 1 fully saturated rings. The van der Waals surface area contributed by atoms with Crippen LogP contribution in [-0.4, -0.2) is 46.1 Å². The molecule has 3 rings (SSSR count). The number of rotatable bonds is 5. The molecule has 1 saturated heterocycles. The molecule has 6 nitrogen and oxygen atoms in total. The SMILES string of the molecule is CCC(C)Oc1ccc(C(=O)N2CCNCC2c2nccn2C)cc1. The molecule has 0 bridgehead atoms. The number of carbonyl (C=O) groups excluding carboxylic acids is 1. The van der Waals surface area contributed by atoms with Crippen LogP contribution in [0.3, 0.4) is 0 Å². The fourth-order valence-electron chi connectivity index (χ4n) is 3.03. The number of nitrogens with zero attached hydrogens (tertiary/aromatic N) is 3. The topological polar surface area (TPSA) is 59.4 Å². The number of benzene rings is 1. The second kappa shape index (κ2) is 7.70. The van der Waals surface area contributed by atoms with Crippen molar-refractivity contribution in [3.63, 3.8) is 0 Å². The van der Waals surface area contributed by atoms with Gasteiger partial charge in [-0.3, -0.25) is 4.79 Å². The van der Waals surface area contributed by atoms with Gasteiger partial charge in [-0.1, -0.05) is 6.92 Å². The highest BCUT2D eigenvalue weighted by molar-refractivity contribution is 5.94. The Morgan fingerprint density at radius 3 is 2.80 bits per heavy atom. The number of nitrogens with one attached hydrogen (secondary N) is 1. The van der Waals surface area contributed by atoms with Crippen molar-refractivity contribution in [1.82, 2.24) is 19.8 Å². The van der Waals surface area contributed by atoms with Gasteiger partial charge in [-0.25, -0.2) is 4.98 Å². The van der Waals surface area contributed by atoms with Crippen molar-refractivity contribution in [1.29, 1.82) is 0 Å². The lowest BCUT2D eigenvalue weighted by Crippen LogP contribution is -2.49. The normalized spacial score (nSPS) is 18.8. The van der Waals surface area contributed by atoms with Gasteiger partial charge in [0.2, 0.25) is 0 Å². The predicted molar refractivity (Wildman–Crippen MR) is 96.7 cm³/mol. The largest absolute Gasteiger partial charge is 0.491 e. The summed E-state index contributed by atoms with van der Waals surface area (Å²) in [5, 5.41) is 3.36. The molecule has 1 aliphatic rings. The van der Waals surface area contributed by atoms with Gasteiger partial charge in [-0.15, -0.1) is 0 Å². The smallest absolute Gasteiger partial charge is 0.254 e. The zero-order valence-corrected chi connectivity index (χ0v) is 15.1. The van der Waals surface area contributed by atoms with E-state index in [-0.39, 0.29) is 18.1 Å². The Bertz CT molecular complexity index is 710. The maximum absolute atomic E-state index is 13.0. The third-order valence-corrected chi connectivity index (χ3v) is 4.67. The van der Waals surface area contributed by atoms with Crippen molar-refractivity contribution in [2.24, 2.45) is 7.05 Å². The summed E-state index contributed by atoms with van der Waals surface area (Å²) in [6.45, 7) is 6.30. The second-order valence-corrected chi connectivity index (χ2v) is 6.48. The third kappa shape index (κ3) is 3.85. The van der Waals surface area contributed by atoms with Crippen molar-refractivity contribution in [2.45, 2.75) is 32.4 Å². The zero-order chi connectivity index (χ0) is 17.8. The maximum Gasteiger partial charge on any atom is 0.254 e. The molecule has 0 radical (unpaired) electrons. The van der Waals surface area contributed by atoms with Gasteiger partial charge >= 0.3 is 0 Å². The van der Waals surface area contributed by atoms with Gasteiger partial charge in [0.1, 0.15) is 17.6 Å². The molecule has 0 saturated carbocycles. The summed E-state index contributed by atoms with van der Waals surface area (Å²) in [5.41, 5.74) is 0.678. The van der Waals surface area contributed by atoms with Gasteiger partial charge in [0.25, 0.3) is 5.91 Å². The van der Waals surface area contributed by atoms with Crippen LogP contribution in [0.4, 0.5) is 0 Å². The van der Waals surface area contributed by atoms with Crippen molar-refractivity contribution >= 4 is 5.91 Å². The van der Waals surface area contributed by atoms with Crippen LogP contribution in [-0.2, 0) is 7.05 Å². The van der Waals surface area contributed by atoms with Crippen LogP contribution in [0.5, 0.6) is 5.75 Å². The van der Waals surface area contributed by atoms with E-state index in [4.69, 9.17) is 4.74 Å². The maximum atomic E-state index is 13.0. The molecule has 2 aromatic rings. The van der Waals surface area contributed by atoms with Crippen LogP contribution in [0.1, 0.15) is 42.5 Å². The van der Waals surface area contributed by atoms with Crippen LogP contribution in [0, 0.1) is 0 Å². The van der Waals surface area contributed by atoms with Crippen molar-refractivity contribution in [3.05, 3.63) is 48.0 Å². The van der Waals surface area contributed by atoms with Crippen LogP contribution in [0.15, 0.2) is 36.7 Å². The standard InChI is InChI=1S/C19H26N4O2/c1-4-14(2)25-16-7-5-15(6-8-16)19(24)23-12-9-20-13-17(23)18-21-10-11-22(18)3/h5-8,10-11,14,17,20H,4,9,12-13H2,1-3H3. The molecule has 1 aromatic carbocycles. The van der Waals surface area contributed by atoms with Crippen LogP contribution >= 0.6 is 0 Å². The highest BCUT2D eigenvalue weighted by atomic mass is 16.5. The molecule has 134 valence electrons. The highest BCUT2D eigenvalue weighted by Crippen LogP contribution is 2.24. The summed E-state index contributed by atoms with van der Waals surface area (Å²) in [7, 11) is 1.96. The van der Waals surface area contributed by atoms with Gasteiger partial charge in [0, 0.05) is 44.6 Å². The van der Waals surface area contributed by atoms with E-state index >= 15 is 0 Å². The molecule has 25 heavy (non-hydrogen) atoms. The van der Waals surface area contributed by atoms with Crippen LogP contribution in [0.2, 0.25) is 0 Å². The fourth-order valence-corrected chi connectivity index (χ4v) is 3.03. The Labute approximate surface area is 148 Å². The Morgan fingerprint density at radius 1 is 1.40 bits per heavy atom. The van der Waals surface area contributed by atoms with Gasteiger partial charge in [0.15, 0.2) is 0 Å². The molecular weight excluding hydrogens is 316 g/mol. The minimum absolute atomic E-state index is 0.0320. The fraction of sp³-hybridized carbons (Fsp3) is 0.474. The summed E-state index contributed by atoms with van der Waals surface area (Å²) >= 11 is 0. The molecular formula is C19H26N4O2. The quantitative estimate of drug-likeness (QED) is 0.906. The Kier molecular flexibility index (Phi) is 5.38. The molecule has 2 unspecified atom stereocenters. The summed E-state index contributed by atoms with van der Waals surface area (Å²) in [5.74, 6) is 1.73. The average Bonchev–Trinajstić information content (AvgIpc) is 3.07. The molecule has 2 atom stereocenters. The van der Waals surface area contributed by atoms with E-state index < -0.39 is 0 Å². The Hall–Kier alpha value is -2.34. The summed E-state index contributed by atoms with van der Waals surface area (Å²) in [4.78, 5) is 19.4. The average molecular weight is 342 g/mol. The number of aromatic nitrogens is 2. The van der Waals surface area contributed by atoms with Crippen LogP contribution < -0.4 is 10.1 Å². The molecule has 1 amide bonds. The van der Waals surface area contributed by atoms with E-state index in [9.17, 15) is 4.79 Å². The monoisotopic (exact) mass is 342 g/mol. The van der Waals surface area contributed by atoms with Gasteiger partial charge in [0.05, 0.1) is 6.10 Å². The number of ether oxygens (including phenoxy) is 1. The lowest BCUT2D eigenvalue weighted by Gasteiger charge is -2.35. The van der Waals surface area contributed by atoms with E-state index in [2.05, 4.69) is 17.2 Å². The van der Waals surface area contributed by atoms with Crippen LogP contribution in [0.25, 0.3) is 0 Å². The number of imidazole rings is 1. The molecule has 0 aliphatic carbocycles. The molecule has 0 spiro atoms. The highest BCUT2D eigenvalue weighted by Gasteiger charge is 2.30. The number of piperazine rings is 1. The van der Waals surface area contributed by atoms with E-state index in [1.165, 1.54) is 0 Å². The lowest BCUT2D eigenvalue weighted by molar-refractivity contribution is 0.0621. The number of aryl methyl sites for hydroxylation is 1. The lowest BCUT2D eigenvalue weighted by atomic mass is 10.1. The number of amides is 1. The van der Waals surface area contributed by atoms with Gasteiger partial charge in [-0.2, -0.15) is 0 Å². The zero-order valence-electron chi connectivity index (χ0n) is 15.1. The first-order valence-corrected chi connectivity index (χ1v) is 8.85.